The molecule has 3 heteroatoms. The molecule has 0 radical (unpaired) electrons. The highest BCUT2D eigenvalue weighted by atomic mass is 16.1. The summed E-state index contributed by atoms with van der Waals surface area (Å²) in [6.07, 6.45) is 10.7. The third kappa shape index (κ3) is 3.25. The number of amides is 1. The van der Waals surface area contributed by atoms with Crippen LogP contribution in [0.3, 0.4) is 0 Å². The molecule has 3 nitrogen and oxygen atoms in total. The summed E-state index contributed by atoms with van der Waals surface area (Å²) < 4.78 is 0. The summed E-state index contributed by atoms with van der Waals surface area (Å²) in [5.41, 5.74) is 5.95. The molecule has 2 saturated carbocycles. The molecule has 0 aliphatic heterocycles. The van der Waals surface area contributed by atoms with Gasteiger partial charge in [-0.25, -0.2) is 0 Å². The molecular weight excluding hydrogens is 224 g/mol. The minimum absolute atomic E-state index is 0.135. The lowest BCUT2D eigenvalue weighted by Gasteiger charge is -2.41. The summed E-state index contributed by atoms with van der Waals surface area (Å²) in [4.78, 5) is 12.1. The van der Waals surface area contributed by atoms with Crippen LogP contribution in [-0.2, 0) is 4.79 Å². The minimum Gasteiger partial charge on any atom is -0.353 e. The zero-order valence-corrected chi connectivity index (χ0v) is 11.7. The van der Waals surface area contributed by atoms with Crippen molar-refractivity contribution in [1.82, 2.24) is 5.32 Å². The lowest BCUT2D eigenvalue weighted by Crippen LogP contribution is -2.45. The number of rotatable bonds is 5. The monoisotopic (exact) mass is 252 g/mol. The SMILES string of the molecule is CC(NC(=O)CC1(CN)CCC1)C1CCCCC1. The molecule has 0 aromatic rings. The van der Waals surface area contributed by atoms with Crippen molar-refractivity contribution in [3.05, 3.63) is 0 Å². The average molecular weight is 252 g/mol. The molecule has 0 heterocycles. The maximum Gasteiger partial charge on any atom is 0.220 e. The lowest BCUT2D eigenvalue weighted by molar-refractivity contribution is -0.125. The standard InChI is InChI=1S/C15H28N2O/c1-12(13-6-3-2-4-7-13)17-14(18)10-15(11-16)8-5-9-15/h12-13H,2-11,16H2,1H3,(H,17,18). The van der Waals surface area contributed by atoms with Crippen LogP contribution in [0.4, 0.5) is 0 Å². The molecule has 2 aliphatic rings. The smallest absolute Gasteiger partial charge is 0.220 e. The van der Waals surface area contributed by atoms with Gasteiger partial charge >= 0.3 is 0 Å². The molecule has 0 aromatic heterocycles. The van der Waals surface area contributed by atoms with Crippen molar-refractivity contribution in [2.24, 2.45) is 17.1 Å². The fourth-order valence-electron chi connectivity index (χ4n) is 3.53. The van der Waals surface area contributed by atoms with E-state index in [-0.39, 0.29) is 11.3 Å². The Hall–Kier alpha value is -0.570. The van der Waals surface area contributed by atoms with Crippen molar-refractivity contribution in [2.75, 3.05) is 6.54 Å². The number of nitrogens with one attached hydrogen (secondary N) is 1. The zero-order valence-electron chi connectivity index (χ0n) is 11.7. The van der Waals surface area contributed by atoms with E-state index in [2.05, 4.69) is 12.2 Å². The quantitative estimate of drug-likeness (QED) is 0.790. The first-order valence-electron chi connectivity index (χ1n) is 7.65. The Morgan fingerprint density at radius 3 is 2.44 bits per heavy atom. The fraction of sp³-hybridized carbons (Fsp3) is 0.933. The summed E-state index contributed by atoms with van der Waals surface area (Å²) in [6.45, 7) is 2.84. The van der Waals surface area contributed by atoms with Gasteiger partial charge in [-0.15, -0.1) is 0 Å². The van der Waals surface area contributed by atoms with Crippen molar-refractivity contribution >= 4 is 5.91 Å². The number of carbonyl (C=O) groups excluding carboxylic acids is 1. The average Bonchev–Trinajstić information content (AvgIpc) is 2.35. The molecule has 1 atom stereocenters. The van der Waals surface area contributed by atoms with Crippen LogP contribution in [0.25, 0.3) is 0 Å². The van der Waals surface area contributed by atoms with Gasteiger partial charge in [0.15, 0.2) is 0 Å². The van der Waals surface area contributed by atoms with Gasteiger partial charge < -0.3 is 11.1 Å². The summed E-state index contributed by atoms with van der Waals surface area (Å²) >= 11 is 0. The highest BCUT2D eigenvalue weighted by Crippen LogP contribution is 2.42. The third-order valence-electron chi connectivity index (χ3n) is 5.13. The normalized spacial score (nSPS) is 25.2. The molecule has 2 aliphatic carbocycles. The highest BCUT2D eigenvalue weighted by molar-refractivity contribution is 5.77. The van der Waals surface area contributed by atoms with E-state index in [0.717, 1.165) is 12.8 Å². The molecule has 18 heavy (non-hydrogen) atoms. The zero-order chi connectivity index (χ0) is 13.0. The molecule has 2 rings (SSSR count). The van der Waals surface area contributed by atoms with Crippen LogP contribution < -0.4 is 11.1 Å². The van der Waals surface area contributed by atoms with E-state index in [1.165, 1.54) is 38.5 Å². The molecule has 0 bridgehead atoms. The van der Waals surface area contributed by atoms with Crippen LogP contribution in [0.1, 0.15) is 64.7 Å². The van der Waals surface area contributed by atoms with E-state index in [0.29, 0.717) is 24.9 Å². The summed E-state index contributed by atoms with van der Waals surface area (Å²) in [6, 6.07) is 0.340. The first-order valence-corrected chi connectivity index (χ1v) is 7.65. The molecule has 0 aromatic carbocycles. The minimum atomic E-state index is 0.135. The Morgan fingerprint density at radius 1 is 1.28 bits per heavy atom. The van der Waals surface area contributed by atoms with E-state index >= 15 is 0 Å². The van der Waals surface area contributed by atoms with Gasteiger partial charge in [0.25, 0.3) is 0 Å². The van der Waals surface area contributed by atoms with E-state index in [1.54, 1.807) is 0 Å². The van der Waals surface area contributed by atoms with E-state index in [9.17, 15) is 4.79 Å². The van der Waals surface area contributed by atoms with Crippen LogP contribution in [0.2, 0.25) is 0 Å². The van der Waals surface area contributed by atoms with Crippen molar-refractivity contribution < 1.29 is 4.79 Å². The first kappa shape index (κ1) is 13.9. The first-order chi connectivity index (χ1) is 8.65. The molecule has 1 unspecified atom stereocenters. The molecule has 1 amide bonds. The maximum absolute atomic E-state index is 12.1. The molecule has 3 N–H and O–H groups in total. The molecule has 104 valence electrons. The second kappa shape index (κ2) is 6.05. The van der Waals surface area contributed by atoms with Gasteiger partial charge in [-0.1, -0.05) is 25.7 Å². The van der Waals surface area contributed by atoms with Crippen LogP contribution in [0, 0.1) is 11.3 Å². The second-order valence-corrected chi connectivity index (χ2v) is 6.49. The summed E-state index contributed by atoms with van der Waals surface area (Å²) in [5.74, 6) is 0.913. The Balaban J connectivity index is 1.76. The Bertz CT molecular complexity index is 275. The molecule has 0 spiro atoms. The van der Waals surface area contributed by atoms with Crippen LogP contribution >= 0.6 is 0 Å². The topological polar surface area (TPSA) is 55.1 Å². The van der Waals surface area contributed by atoms with Crippen molar-refractivity contribution in [2.45, 2.75) is 70.8 Å². The Labute approximate surface area is 111 Å². The molecule has 0 saturated heterocycles. The highest BCUT2D eigenvalue weighted by Gasteiger charge is 2.37. The second-order valence-electron chi connectivity index (χ2n) is 6.49. The number of hydrogen-bond donors (Lipinski definition) is 2. The van der Waals surface area contributed by atoms with E-state index in [4.69, 9.17) is 5.73 Å². The summed E-state index contributed by atoms with van der Waals surface area (Å²) in [7, 11) is 0. The number of hydrogen-bond acceptors (Lipinski definition) is 2. The van der Waals surface area contributed by atoms with E-state index < -0.39 is 0 Å². The largest absolute Gasteiger partial charge is 0.353 e. The van der Waals surface area contributed by atoms with Crippen LogP contribution in [-0.4, -0.2) is 18.5 Å². The number of nitrogens with two attached hydrogens (primary N) is 1. The fourth-order valence-corrected chi connectivity index (χ4v) is 3.53. The predicted octanol–water partition coefficient (Wildman–Crippen LogP) is 2.59. The predicted molar refractivity (Wildman–Crippen MR) is 74.1 cm³/mol. The van der Waals surface area contributed by atoms with Gasteiger partial charge in [0.1, 0.15) is 0 Å². The van der Waals surface area contributed by atoms with Crippen LogP contribution in [0.5, 0.6) is 0 Å². The van der Waals surface area contributed by atoms with E-state index in [1.807, 2.05) is 0 Å². The van der Waals surface area contributed by atoms with Crippen molar-refractivity contribution in [3.8, 4) is 0 Å². The maximum atomic E-state index is 12.1. The molecule has 2 fully saturated rings. The van der Waals surface area contributed by atoms with Gasteiger partial charge in [0, 0.05) is 12.5 Å². The van der Waals surface area contributed by atoms with Gasteiger partial charge in [-0.2, -0.15) is 0 Å². The van der Waals surface area contributed by atoms with Gasteiger partial charge in [0.05, 0.1) is 0 Å². The van der Waals surface area contributed by atoms with Crippen LogP contribution in [0.15, 0.2) is 0 Å². The van der Waals surface area contributed by atoms with Gasteiger partial charge in [0.2, 0.25) is 5.91 Å². The van der Waals surface area contributed by atoms with Crippen molar-refractivity contribution in [1.29, 1.82) is 0 Å². The summed E-state index contributed by atoms with van der Waals surface area (Å²) in [5, 5.41) is 3.21. The third-order valence-corrected chi connectivity index (χ3v) is 5.13. The van der Waals surface area contributed by atoms with Gasteiger partial charge in [-0.05, 0) is 50.5 Å². The Kier molecular flexibility index (Phi) is 4.66. The molecular formula is C15H28N2O. The Morgan fingerprint density at radius 2 is 1.94 bits per heavy atom. The number of carbonyl (C=O) groups is 1. The van der Waals surface area contributed by atoms with Crippen molar-refractivity contribution in [3.63, 3.8) is 0 Å². The van der Waals surface area contributed by atoms with Gasteiger partial charge in [-0.3, -0.25) is 4.79 Å². The lowest BCUT2D eigenvalue weighted by atomic mass is 9.66.